The minimum Gasteiger partial charge on any atom is -0.480 e. The van der Waals surface area contributed by atoms with Gasteiger partial charge in [-0.25, -0.2) is 4.79 Å². The van der Waals surface area contributed by atoms with E-state index < -0.39 is 12.0 Å². The molecule has 0 aliphatic carbocycles. The summed E-state index contributed by atoms with van der Waals surface area (Å²) in [5.41, 5.74) is 0. The molecule has 0 aromatic carbocycles. The van der Waals surface area contributed by atoms with Gasteiger partial charge in [0.1, 0.15) is 6.04 Å². The van der Waals surface area contributed by atoms with Crippen LogP contribution in [0.5, 0.6) is 0 Å². The molecule has 56 valence electrons. The Morgan fingerprint density at radius 3 is 2.50 bits per heavy atom. The summed E-state index contributed by atoms with van der Waals surface area (Å²) in [7, 11) is 0. The number of hydrogen-bond donors (Lipinski definition) is 1. The molecule has 1 aliphatic heterocycles. The fraction of sp³-hybridized carbons (Fsp3) is 0.667. The molecule has 1 atom stereocenters. The third-order valence-corrected chi connectivity index (χ3v) is 1.71. The summed E-state index contributed by atoms with van der Waals surface area (Å²) in [5, 5.41) is 8.44. The molecule has 0 unspecified atom stereocenters. The normalized spacial score (nSPS) is 20.1. The predicted octanol–water partition coefficient (Wildman–Crippen LogP) is -0.308. The number of rotatable bonds is 2. The van der Waals surface area contributed by atoms with Gasteiger partial charge in [-0.1, -0.05) is 0 Å². The molecule has 0 bridgehead atoms. The molecule has 1 fully saturated rings. The van der Waals surface area contributed by atoms with E-state index in [2.05, 4.69) is 0 Å². The van der Waals surface area contributed by atoms with Gasteiger partial charge in [-0.3, -0.25) is 4.79 Å². The highest BCUT2D eigenvalue weighted by Crippen LogP contribution is 2.12. The first-order chi connectivity index (χ1) is 4.63. The monoisotopic (exact) mass is 143 g/mol. The van der Waals surface area contributed by atoms with Gasteiger partial charge in [0.15, 0.2) is 0 Å². The first-order valence-electron chi connectivity index (χ1n) is 3.15. The second kappa shape index (κ2) is 2.28. The van der Waals surface area contributed by atoms with Crippen molar-refractivity contribution in [2.24, 2.45) is 0 Å². The van der Waals surface area contributed by atoms with E-state index in [1.165, 1.54) is 11.8 Å². The van der Waals surface area contributed by atoms with Gasteiger partial charge >= 0.3 is 5.97 Å². The van der Waals surface area contributed by atoms with Crippen LogP contribution in [0.4, 0.5) is 0 Å². The molecular weight excluding hydrogens is 134 g/mol. The van der Waals surface area contributed by atoms with Gasteiger partial charge in [0.25, 0.3) is 0 Å². The summed E-state index contributed by atoms with van der Waals surface area (Å²) in [5.74, 6) is -0.997. The number of amides is 1. The Kier molecular flexibility index (Phi) is 1.61. The van der Waals surface area contributed by atoms with Gasteiger partial charge in [-0.2, -0.15) is 0 Å². The van der Waals surface area contributed by atoms with Crippen molar-refractivity contribution in [2.75, 3.05) is 6.54 Å². The molecule has 1 heterocycles. The van der Waals surface area contributed by atoms with Crippen molar-refractivity contribution in [3.8, 4) is 0 Å². The molecule has 0 aromatic heterocycles. The zero-order valence-corrected chi connectivity index (χ0v) is 5.70. The van der Waals surface area contributed by atoms with Crippen molar-refractivity contribution in [3.63, 3.8) is 0 Å². The summed E-state index contributed by atoms with van der Waals surface area (Å²) in [4.78, 5) is 22.3. The van der Waals surface area contributed by atoms with Gasteiger partial charge in [-0.05, 0) is 6.92 Å². The Morgan fingerprint density at radius 2 is 2.40 bits per heavy atom. The lowest BCUT2D eigenvalue weighted by Crippen LogP contribution is -2.51. The summed E-state index contributed by atoms with van der Waals surface area (Å²) in [6, 6.07) is -0.652. The standard InChI is InChI=1S/C6H9NO3/c1-4(6(9)10)7-3-2-5(7)8/h4H,2-3H2,1H3,(H,9,10)/t4-/m1/s1. The average Bonchev–Trinajstić information content (AvgIpc) is 1.84. The molecular formula is C6H9NO3. The number of nitrogens with zero attached hydrogens (tertiary/aromatic N) is 1. The quantitative estimate of drug-likeness (QED) is 0.539. The Balaban J connectivity index is 2.49. The van der Waals surface area contributed by atoms with Crippen molar-refractivity contribution in [1.82, 2.24) is 4.90 Å². The number of carboxylic acids is 1. The van der Waals surface area contributed by atoms with Crippen LogP contribution in [0.3, 0.4) is 0 Å². The molecule has 1 amide bonds. The van der Waals surface area contributed by atoms with Gasteiger partial charge in [-0.15, -0.1) is 0 Å². The number of carbonyl (C=O) groups excluding carboxylic acids is 1. The Labute approximate surface area is 58.4 Å². The van der Waals surface area contributed by atoms with Crippen LogP contribution in [0.2, 0.25) is 0 Å². The number of carboxylic acid groups (broad SMARTS) is 1. The fourth-order valence-corrected chi connectivity index (χ4v) is 0.875. The zero-order valence-electron chi connectivity index (χ0n) is 5.70. The lowest BCUT2D eigenvalue weighted by atomic mass is 10.1. The van der Waals surface area contributed by atoms with Crippen LogP contribution in [0.1, 0.15) is 13.3 Å². The van der Waals surface area contributed by atoms with Crippen LogP contribution in [0.15, 0.2) is 0 Å². The van der Waals surface area contributed by atoms with Crippen LogP contribution < -0.4 is 0 Å². The molecule has 10 heavy (non-hydrogen) atoms. The average molecular weight is 143 g/mol. The summed E-state index contributed by atoms with van der Waals surface area (Å²) in [6.45, 7) is 2.10. The third-order valence-electron chi connectivity index (χ3n) is 1.71. The summed E-state index contributed by atoms with van der Waals surface area (Å²) < 4.78 is 0. The van der Waals surface area contributed by atoms with Crippen LogP contribution in [0.25, 0.3) is 0 Å². The maximum Gasteiger partial charge on any atom is 0.326 e. The molecule has 4 nitrogen and oxygen atoms in total. The first kappa shape index (κ1) is 7.05. The molecule has 0 aromatic rings. The second-order valence-corrected chi connectivity index (χ2v) is 2.35. The largest absolute Gasteiger partial charge is 0.480 e. The zero-order chi connectivity index (χ0) is 7.72. The summed E-state index contributed by atoms with van der Waals surface area (Å²) >= 11 is 0. The maximum atomic E-state index is 10.6. The number of hydrogen-bond acceptors (Lipinski definition) is 2. The molecule has 1 aliphatic rings. The molecule has 0 saturated carbocycles. The number of β-lactam (4-membered cyclic amide) rings is 1. The topological polar surface area (TPSA) is 57.6 Å². The van der Waals surface area contributed by atoms with Crippen molar-refractivity contribution >= 4 is 11.9 Å². The Morgan fingerprint density at radius 1 is 1.80 bits per heavy atom. The van der Waals surface area contributed by atoms with E-state index in [1.54, 1.807) is 0 Å². The maximum absolute atomic E-state index is 10.6. The number of likely N-dealkylation sites (tertiary alicyclic amines) is 1. The lowest BCUT2D eigenvalue weighted by molar-refractivity contribution is -0.155. The van der Waals surface area contributed by atoms with E-state index in [9.17, 15) is 9.59 Å². The van der Waals surface area contributed by atoms with E-state index in [4.69, 9.17) is 5.11 Å². The van der Waals surface area contributed by atoms with Gasteiger partial charge in [0, 0.05) is 13.0 Å². The Hall–Kier alpha value is -1.06. The van der Waals surface area contributed by atoms with Gasteiger partial charge in [0.05, 0.1) is 0 Å². The molecule has 1 saturated heterocycles. The van der Waals surface area contributed by atoms with Crippen LogP contribution in [-0.2, 0) is 9.59 Å². The highest BCUT2D eigenvalue weighted by molar-refractivity contribution is 5.87. The smallest absolute Gasteiger partial charge is 0.326 e. The Bertz CT molecular complexity index is 170. The lowest BCUT2D eigenvalue weighted by Gasteiger charge is -2.33. The minimum atomic E-state index is -0.937. The molecule has 0 spiro atoms. The minimum absolute atomic E-state index is 0.0603. The van der Waals surface area contributed by atoms with Crippen molar-refractivity contribution in [2.45, 2.75) is 19.4 Å². The summed E-state index contributed by atoms with van der Waals surface area (Å²) in [6.07, 6.45) is 0.498. The molecule has 0 radical (unpaired) electrons. The molecule has 1 rings (SSSR count). The van der Waals surface area contributed by atoms with Crippen LogP contribution in [0, 0.1) is 0 Å². The van der Waals surface area contributed by atoms with E-state index in [1.807, 2.05) is 0 Å². The van der Waals surface area contributed by atoms with Crippen LogP contribution in [-0.4, -0.2) is 34.5 Å². The highest BCUT2D eigenvalue weighted by atomic mass is 16.4. The van der Waals surface area contributed by atoms with Gasteiger partial charge in [0.2, 0.25) is 5.91 Å². The molecule has 4 heteroatoms. The fourth-order valence-electron chi connectivity index (χ4n) is 0.875. The van der Waals surface area contributed by atoms with Crippen LogP contribution >= 0.6 is 0 Å². The van der Waals surface area contributed by atoms with E-state index in [-0.39, 0.29) is 5.91 Å². The van der Waals surface area contributed by atoms with E-state index in [0.717, 1.165) is 0 Å². The van der Waals surface area contributed by atoms with Gasteiger partial charge < -0.3 is 10.0 Å². The van der Waals surface area contributed by atoms with Crippen molar-refractivity contribution in [3.05, 3.63) is 0 Å². The predicted molar refractivity (Wildman–Crippen MR) is 33.4 cm³/mol. The second-order valence-electron chi connectivity index (χ2n) is 2.35. The van der Waals surface area contributed by atoms with E-state index in [0.29, 0.717) is 13.0 Å². The number of aliphatic carboxylic acids is 1. The third kappa shape index (κ3) is 0.964. The molecule has 1 N–H and O–H groups in total. The highest BCUT2D eigenvalue weighted by Gasteiger charge is 2.31. The first-order valence-corrected chi connectivity index (χ1v) is 3.15. The SMILES string of the molecule is C[C@H](C(=O)O)N1CCC1=O. The number of carbonyl (C=O) groups is 2. The van der Waals surface area contributed by atoms with Crippen molar-refractivity contribution < 1.29 is 14.7 Å². The van der Waals surface area contributed by atoms with Crippen molar-refractivity contribution in [1.29, 1.82) is 0 Å². The van der Waals surface area contributed by atoms with E-state index >= 15 is 0 Å².